The molecule has 0 bridgehead atoms. The maximum atomic E-state index is 14.1. The number of rotatable bonds is 7. The van der Waals surface area contributed by atoms with Gasteiger partial charge in [-0.05, 0) is 36.4 Å². The fraction of sp³-hybridized carbons (Fsp3) is 0.0952. The molecule has 3 aromatic rings. The highest BCUT2D eigenvalue weighted by Crippen LogP contribution is 2.29. The topological polar surface area (TPSA) is 75.7 Å². The van der Waals surface area contributed by atoms with Gasteiger partial charge in [0.15, 0.2) is 5.75 Å². The molecule has 0 spiro atoms. The van der Waals surface area contributed by atoms with Crippen molar-refractivity contribution in [1.29, 1.82) is 0 Å². The summed E-state index contributed by atoms with van der Waals surface area (Å²) >= 11 is 0. The summed E-state index contributed by atoms with van der Waals surface area (Å²) < 4.78 is 44.9. The van der Waals surface area contributed by atoms with Crippen molar-refractivity contribution in [3.63, 3.8) is 0 Å². The molecule has 3 rings (SSSR count). The SMILES string of the molecule is CS(=O)(=O)N(CC(=O)Nc1ccccc1Oc1ccccc1)c1ccccc1F. The Balaban J connectivity index is 1.80. The average Bonchev–Trinajstić information content (AvgIpc) is 2.68. The predicted octanol–water partition coefficient (Wildman–Crippen LogP) is 4.02. The Labute approximate surface area is 168 Å². The number of carbonyl (C=O) groups is 1. The van der Waals surface area contributed by atoms with Crippen molar-refractivity contribution in [3.05, 3.63) is 84.7 Å². The van der Waals surface area contributed by atoms with Gasteiger partial charge in [-0.25, -0.2) is 12.8 Å². The van der Waals surface area contributed by atoms with Gasteiger partial charge in [0, 0.05) is 0 Å². The first-order chi connectivity index (χ1) is 13.8. The van der Waals surface area contributed by atoms with E-state index in [1.165, 1.54) is 18.2 Å². The van der Waals surface area contributed by atoms with Crippen LogP contribution in [0, 0.1) is 5.82 Å². The first-order valence-electron chi connectivity index (χ1n) is 8.68. The molecule has 0 saturated carbocycles. The Kier molecular flexibility index (Phi) is 6.13. The number of hydrogen-bond acceptors (Lipinski definition) is 4. The molecule has 0 aromatic heterocycles. The Morgan fingerprint density at radius 1 is 0.966 bits per heavy atom. The number of ether oxygens (including phenoxy) is 1. The molecule has 0 fully saturated rings. The van der Waals surface area contributed by atoms with Crippen molar-refractivity contribution < 1.29 is 22.3 Å². The summed E-state index contributed by atoms with van der Waals surface area (Å²) in [5.74, 6) is -0.400. The van der Waals surface area contributed by atoms with Gasteiger partial charge in [-0.15, -0.1) is 0 Å². The molecule has 0 aliphatic heterocycles. The maximum absolute atomic E-state index is 14.1. The zero-order chi connectivity index (χ0) is 20.9. The lowest BCUT2D eigenvalue weighted by molar-refractivity contribution is -0.114. The zero-order valence-corrected chi connectivity index (χ0v) is 16.4. The number of halogens is 1. The first kappa shape index (κ1) is 20.3. The molecule has 3 aromatic carbocycles. The average molecular weight is 414 g/mol. The monoisotopic (exact) mass is 414 g/mol. The van der Waals surface area contributed by atoms with Gasteiger partial charge in [0.1, 0.15) is 18.1 Å². The zero-order valence-electron chi connectivity index (χ0n) is 15.6. The van der Waals surface area contributed by atoms with E-state index in [0.717, 1.165) is 16.6 Å². The number of nitrogens with one attached hydrogen (secondary N) is 1. The number of nitrogens with zero attached hydrogens (tertiary/aromatic N) is 1. The highest BCUT2D eigenvalue weighted by Gasteiger charge is 2.24. The molecule has 0 heterocycles. The third-order valence-corrected chi connectivity index (χ3v) is 5.07. The third-order valence-electron chi connectivity index (χ3n) is 3.94. The molecule has 8 heteroatoms. The van der Waals surface area contributed by atoms with Crippen LogP contribution in [0.15, 0.2) is 78.9 Å². The number of hydrogen-bond donors (Lipinski definition) is 1. The Bertz CT molecular complexity index is 1100. The first-order valence-corrected chi connectivity index (χ1v) is 10.5. The number of benzene rings is 3. The molecule has 0 aliphatic carbocycles. The van der Waals surface area contributed by atoms with Gasteiger partial charge in [0.2, 0.25) is 15.9 Å². The molecule has 0 radical (unpaired) electrons. The number of sulfonamides is 1. The Hall–Kier alpha value is -3.39. The molecule has 1 amide bonds. The van der Waals surface area contributed by atoms with Crippen LogP contribution in [0.4, 0.5) is 15.8 Å². The fourth-order valence-corrected chi connectivity index (χ4v) is 3.49. The predicted molar refractivity (Wildman–Crippen MR) is 110 cm³/mol. The number of anilines is 2. The van der Waals surface area contributed by atoms with Crippen LogP contribution in [0.3, 0.4) is 0 Å². The van der Waals surface area contributed by atoms with Crippen molar-refractivity contribution >= 4 is 27.3 Å². The van der Waals surface area contributed by atoms with Gasteiger partial charge in [-0.2, -0.15) is 0 Å². The van der Waals surface area contributed by atoms with Crippen LogP contribution in [0.25, 0.3) is 0 Å². The second kappa shape index (κ2) is 8.74. The summed E-state index contributed by atoms with van der Waals surface area (Å²) in [6, 6.07) is 21.1. The van der Waals surface area contributed by atoms with E-state index in [0.29, 0.717) is 17.2 Å². The van der Waals surface area contributed by atoms with Gasteiger partial charge in [0.05, 0.1) is 17.6 Å². The Morgan fingerprint density at radius 2 is 1.59 bits per heavy atom. The van der Waals surface area contributed by atoms with Crippen molar-refractivity contribution in [3.8, 4) is 11.5 Å². The minimum Gasteiger partial charge on any atom is -0.455 e. The molecule has 0 aliphatic rings. The van der Waals surface area contributed by atoms with E-state index in [4.69, 9.17) is 4.74 Å². The lowest BCUT2D eigenvalue weighted by Gasteiger charge is -2.22. The normalized spacial score (nSPS) is 11.0. The van der Waals surface area contributed by atoms with E-state index in [1.54, 1.807) is 36.4 Å². The minimum atomic E-state index is -3.89. The van der Waals surface area contributed by atoms with Crippen LogP contribution in [0.2, 0.25) is 0 Å². The van der Waals surface area contributed by atoms with Crippen LogP contribution in [-0.4, -0.2) is 27.1 Å². The third kappa shape index (κ3) is 5.32. The molecular weight excluding hydrogens is 395 g/mol. The minimum absolute atomic E-state index is 0.195. The van der Waals surface area contributed by atoms with E-state index in [-0.39, 0.29) is 5.69 Å². The van der Waals surface area contributed by atoms with E-state index in [2.05, 4.69) is 5.32 Å². The fourth-order valence-electron chi connectivity index (χ4n) is 2.63. The van der Waals surface area contributed by atoms with Gasteiger partial charge in [-0.3, -0.25) is 9.10 Å². The smallest absolute Gasteiger partial charge is 0.245 e. The quantitative estimate of drug-likeness (QED) is 0.634. The van der Waals surface area contributed by atoms with Crippen LogP contribution in [0.5, 0.6) is 11.5 Å². The Morgan fingerprint density at radius 3 is 2.28 bits per heavy atom. The maximum Gasteiger partial charge on any atom is 0.245 e. The second-order valence-electron chi connectivity index (χ2n) is 6.18. The lowest BCUT2D eigenvalue weighted by Crippen LogP contribution is -2.38. The molecule has 6 nitrogen and oxygen atoms in total. The van der Waals surface area contributed by atoms with E-state index in [1.807, 2.05) is 18.2 Å². The van der Waals surface area contributed by atoms with Gasteiger partial charge < -0.3 is 10.1 Å². The second-order valence-corrected chi connectivity index (χ2v) is 8.09. The van der Waals surface area contributed by atoms with Crippen LogP contribution in [0.1, 0.15) is 0 Å². The molecule has 150 valence electrons. The van der Waals surface area contributed by atoms with E-state index in [9.17, 15) is 17.6 Å². The summed E-state index contributed by atoms with van der Waals surface area (Å²) in [5.41, 5.74) is 0.169. The highest BCUT2D eigenvalue weighted by atomic mass is 32.2. The van der Waals surface area contributed by atoms with Crippen LogP contribution < -0.4 is 14.4 Å². The lowest BCUT2D eigenvalue weighted by atomic mass is 10.2. The van der Waals surface area contributed by atoms with E-state index >= 15 is 0 Å². The number of carbonyl (C=O) groups excluding carboxylic acids is 1. The molecule has 0 unspecified atom stereocenters. The standard InChI is InChI=1S/C21H19FN2O4S/c1-29(26,27)24(19-13-7-5-11-17(19)22)15-21(25)23-18-12-6-8-14-20(18)28-16-9-3-2-4-10-16/h2-14H,15H2,1H3,(H,23,25). The summed E-state index contributed by atoms with van der Waals surface area (Å²) in [6.07, 6.45) is 0.916. The van der Waals surface area contributed by atoms with Gasteiger partial charge in [-0.1, -0.05) is 42.5 Å². The largest absolute Gasteiger partial charge is 0.455 e. The molecule has 1 N–H and O–H groups in total. The van der Waals surface area contributed by atoms with Gasteiger partial charge >= 0.3 is 0 Å². The molecule has 0 atom stereocenters. The molecule has 0 saturated heterocycles. The number of amides is 1. The van der Waals surface area contributed by atoms with Crippen molar-refractivity contribution in [2.24, 2.45) is 0 Å². The highest BCUT2D eigenvalue weighted by molar-refractivity contribution is 7.92. The van der Waals surface area contributed by atoms with E-state index < -0.39 is 28.3 Å². The molecule has 29 heavy (non-hydrogen) atoms. The van der Waals surface area contributed by atoms with Crippen molar-refractivity contribution in [1.82, 2.24) is 0 Å². The number of para-hydroxylation sites is 4. The van der Waals surface area contributed by atoms with Crippen LogP contribution in [-0.2, 0) is 14.8 Å². The summed E-state index contributed by atoms with van der Waals surface area (Å²) in [4.78, 5) is 12.6. The van der Waals surface area contributed by atoms with Crippen molar-refractivity contribution in [2.45, 2.75) is 0 Å². The molecular formula is C21H19FN2O4S. The van der Waals surface area contributed by atoms with Gasteiger partial charge in [0.25, 0.3) is 0 Å². The van der Waals surface area contributed by atoms with Crippen molar-refractivity contribution in [2.75, 3.05) is 22.4 Å². The summed E-state index contributed by atoms with van der Waals surface area (Å²) in [5, 5.41) is 2.63. The summed E-state index contributed by atoms with van der Waals surface area (Å²) in [6.45, 7) is -0.584. The van der Waals surface area contributed by atoms with Crippen LogP contribution >= 0.6 is 0 Å². The summed E-state index contributed by atoms with van der Waals surface area (Å²) in [7, 11) is -3.89.